The maximum absolute atomic E-state index is 6.11. The Morgan fingerprint density at radius 2 is 2.00 bits per heavy atom. The summed E-state index contributed by atoms with van der Waals surface area (Å²) in [6.07, 6.45) is 3.50. The summed E-state index contributed by atoms with van der Waals surface area (Å²) in [4.78, 5) is 0. The highest BCUT2D eigenvalue weighted by molar-refractivity contribution is 6.30. The van der Waals surface area contributed by atoms with Gasteiger partial charge in [-0.15, -0.1) is 0 Å². The summed E-state index contributed by atoms with van der Waals surface area (Å²) in [6, 6.07) is 8.31. The lowest BCUT2D eigenvalue weighted by Crippen LogP contribution is -2.34. The van der Waals surface area contributed by atoms with Gasteiger partial charge >= 0.3 is 0 Å². The number of benzene rings is 1. The van der Waals surface area contributed by atoms with Gasteiger partial charge in [0, 0.05) is 11.6 Å². The van der Waals surface area contributed by atoms with Gasteiger partial charge in [0.05, 0.1) is 12.1 Å². The molecule has 108 valence electrons. The van der Waals surface area contributed by atoms with Gasteiger partial charge in [-0.2, -0.15) is 0 Å². The number of ether oxygens (including phenoxy) is 1. The van der Waals surface area contributed by atoms with Crippen LogP contribution in [-0.2, 0) is 4.74 Å². The van der Waals surface area contributed by atoms with E-state index in [-0.39, 0.29) is 12.1 Å². The van der Waals surface area contributed by atoms with Crippen LogP contribution in [0.5, 0.6) is 0 Å². The van der Waals surface area contributed by atoms with E-state index in [1.165, 1.54) is 5.56 Å². The van der Waals surface area contributed by atoms with Crippen LogP contribution < -0.4 is 5.32 Å². The smallest absolute Gasteiger partial charge is 0.0769 e. The van der Waals surface area contributed by atoms with Crippen LogP contribution >= 0.6 is 11.6 Å². The molecule has 0 bridgehead atoms. The number of rotatable bonds is 9. The normalized spacial score (nSPS) is 14.3. The fourth-order valence-electron chi connectivity index (χ4n) is 2.31. The summed E-state index contributed by atoms with van der Waals surface area (Å²) in [5.41, 5.74) is 1.22. The second-order valence-electron chi connectivity index (χ2n) is 4.77. The molecule has 2 atom stereocenters. The molecule has 0 saturated heterocycles. The summed E-state index contributed by atoms with van der Waals surface area (Å²) >= 11 is 6.11. The van der Waals surface area contributed by atoms with Crippen LogP contribution in [0.25, 0.3) is 0 Å². The highest BCUT2D eigenvalue weighted by atomic mass is 35.5. The van der Waals surface area contributed by atoms with Gasteiger partial charge in [0.2, 0.25) is 0 Å². The molecule has 0 saturated carbocycles. The molecule has 1 aromatic rings. The summed E-state index contributed by atoms with van der Waals surface area (Å²) in [5, 5.41) is 4.38. The minimum Gasteiger partial charge on any atom is -0.377 e. The molecule has 2 unspecified atom stereocenters. The van der Waals surface area contributed by atoms with Crippen molar-refractivity contribution in [1.82, 2.24) is 5.32 Å². The molecular weight excluding hydrogens is 258 g/mol. The van der Waals surface area contributed by atoms with Gasteiger partial charge in [0.1, 0.15) is 0 Å². The standard InChI is InChI=1S/C16H26ClNO/c1-4-8-15(19-6-3)16(18-11-5-2)13-9-7-10-14(17)12-13/h7,9-10,12,15-16,18H,4-6,8,11H2,1-3H3. The zero-order valence-corrected chi connectivity index (χ0v) is 13.0. The van der Waals surface area contributed by atoms with E-state index >= 15 is 0 Å². The Labute approximate surface area is 122 Å². The van der Waals surface area contributed by atoms with Crippen molar-refractivity contribution in [2.75, 3.05) is 13.2 Å². The number of hydrogen-bond donors (Lipinski definition) is 1. The number of hydrogen-bond acceptors (Lipinski definition) is 2. The first-order valence-corrected chi connectivity index (χ1v) is 7.71. The number of nitrogens with one attached hydrogen (secondary N) is 1. The molecule has 0 radical (unpaired) electrons. The van der Waals surface area contributed by atoms with E-state index < -0.39 is 0 Å². The molecule has 0 amide bonds. The second-order valence-corrected chi connectivity index (χ2v) is 5.21. The molecule has 0 aliphatic rings. The average molecular weight is 284 g/mol. The minimum atomic E-state index is 0.208. The minimum absolute atomic E-state index is 0.208. The second kappa shape index (κ2) is 9.35. The van der Waals surface area contributed by atoms with E-state index in [1.54, 1.807) is 0 Å². The van der Waals surface area contributed by atoms with Gasteiger partial charge in [0.15, 0.2) is 0 Å². The monoisotopic (exact) mass is 283 g/mol. The van der Waals surface area contributed by atoms with E-state index in [9.17, 15) is 0 Å². The molecule has 0 aliphatic carbocycles. The van der Waals surface area contributed by atoms with E-state index in [0.717, 1.165) is 37.4 Å². The summed E-state index contributed by atoms with van der Waals surface area (Å²) in [6.45, 7) is 8.16. The molecule has 0 heterocycles. The van der Waals surface area contributed by atoms with Gasteiger partial charge in [-0.3, -0.25) is 0 Å². The molecule has 1 N–H and O–H groups in total. The first kappa shape index (κ1) is 16.5. The SMILES string of the molecule is CCCNC(c1cccc(Cl)c1)C(CCC)OCC. The molecule has 3 heteroatoms. The van der Waals surface area contributed by atoms with Gasteiger partial charge in [-0.05, 0) is 44.0 Å². The van der Waals surface area contributed by atoms with Crippen LogP contribution in [0, 0.1) is 0 Å². The van der Waals surface area contributed by atoms with E-state index in [1.807, 2.05) is 18.2 Å². The Morgan fingerprint density at radius 3 is 2.58 bits per heavy atom. The molecule has 0 aliphatic heterocycles. The third kappa shape index (κ3) is 5.52. The van der Waals surface area contributed by atoms with Gasteiger partial charge in [0.25, 0.3) is 0 Å². The third-order valence-electron chi connectivity index (χ3n) is 3.15. The Hall–Kier alpha value is -0.570. The molecule has 1 rings (SSSR count). The first-order chi connectivity index (χ1) is 9.22. The maximum Gasteiger partial charge on any atom is 0.0769 e. The quantitative estimate of drug-likeness (QED) is 0.716. The fourth-order valence-corrected chi connectivity index (χ4v) is 2.51. The van der Waals surface area contributed by atoms with Crippen molar-refractivity contribution in [1.29, 1.82) is 0 Å². The maximum atomic E-state index is 6.11. The summed E-state index contributed by atoms with van der Waals surface area (Å²) < 4.78 is 5.93. The summed E-state index contributed by atoms with van der Waals surface area (Å²) in [5.74, 6) is 0. The fraction of sp³-hybridized carbons (Fsp3) is 0.625. The summed E-state index contributed by atoms with van der Waals surface area (Å²) in [7, 11) is 0. The van der Waals surface area contributed by atoms with Crippen LogP contribution in [0.1, 0.15) is 51.6 Å². The van der Waals surface area contributed by atoms with Crippen molar-refractivity contribution in [2.24, 2.45) is 0 Å². The zero-order chi connectivity index (χ0) is 14.1. The van der Waals surface area contributed by atoms with Crippen LogP contribution in [0.2, 0.25) is 5.02 Å². The lowest BCUT2D eigenvalue weighted by Gasteiger charge is -2.28. The van der Waals surface area contributed by atoms with Crippen molar-refractivity contribution in [2.45, 2.75) is 52.2 Å². The van der Waals surface area contributed by atoms with Crippen LogP contribution in [0.15, 0.2) is 24.3 Å². The molecule has 0 aromatic heterocycles. The van der Waals surface area contributed by atoms with E-state index in [2.05, 4.69) is 32.2 Å². The lowest BCUT2D eigenvalue weighted by molar-refractivity contribution is 0.0276. The highest BCUT2D eigenvalue weighted by Crippen LogP contribution is 2.25. The van der Waals surface area contributed by atoms with Crippen LogP contribution in [0.4, 0.5) is 0 Å². The Balaban J connectivity index is 2.90. The van der Waals surface area contributed by atoms with Crippen molar-refractivity contribution in [3.05, 3.63) is 34.9 Å². The predicted molar refractivity (Wildman–Crippen MR) is 82.8 cm³/mol. The zero-order valence-electron chi connectivity index (χ0n) is 12.3. The lowest BCUT2D eigenvalue weighted by atomic mass is 9.98. The molecule has 19 heavy (non-hydrogen) atoms. The molecular formula is C16H26ClNO. The molecule has 2 nitrogen and oxygen atoms in total. The molecule has 0 spiro atoms. The average Bonchev–Trinajstić information content (AvgIpc) is 2.40. The van der Waals surface area contributed by atoms with Gasteiger partial charge in [-0.25, -0.2) is 0 Å². The Bertz CT molecular complexity index is 350. The predicted octanol–water partition coefficient (Wildman–Crippen LogP) is 4.59. The van der Waals surface area contributed by atoms with E-state index in [4.69, 9.17) is 16.3 Å². The van der Waals surface area contributed by atoms with Crippen molar-refractivity contribution >= 4 is 11.6 Å². The number of halogens is 1. The topological polar surface area (TPSA) is 21.3 Å². The van der Waals surface area contributed by atoms with Crippen LogP contribution in [0.3, 0.4) is 0 Å². The van der Waals surface area contributed by atoms with Crippen molar-refractivity contribution in [3.63, 3.8) is 0 Å². The largest absolute Gasteiger partial charge is 0.377 e. The van der Waals surface area contributed by atoms with E-state index in [0.29, 0.717) is 0 Å². The van der Waals surface area contributed by atoms with Crippen molar-refractivity contribution < 1.29 is 4.74 Å². The highest BCUT2D eigenvalue weighted by Gasteiger charge is 2.22. The van der Waals surface area contributed by atoms with Crippen molar-refractivity contribution in [3.8, 4) is 0 Å². The molecule has 0 fully saturated rings. The Kier molecular flexibility index (Phi) is 8.11. The third-order valence-corrected chi connectivity index (χ3v) is 3.38. The van der Waals surface area contributed by atoms with Crippen LogP contribution in [-0.4, -0.2) is 19.3 Å². The van der Waals surface area contributed by atoms with Gasteiger partial charge in [-0.1, -0.05) is 44.0 Å². The first-order valence-electron chi connectivity index (χ1n) is 7.33. The van der Waals surface area contributed by atoms with Gasteiger partial charge < -0.3 is 10.1 Å². The Morgan fingerprint density at radius 1 is 1.21 bits per heavy atom. The molecule has 1 aromatic carbocycles.